The Balaban J connectivity index is 1.77. The molecule has 0 saturated carbocycles. The van der Waals surface area contributed by atoms with Gasteiger partial charge in [-0.2, -0.15) is 0 Å². The zero-order valence-corrected chi connectivity index (χ0v) is 17.3. The standard InChI is InChI=1S/C21H26F3N5O/c1-12(2)27-19-20(28-17(11-26-19)21(30)25-3)29-8-6-13(7-9-29)18(24)15-5-4-14(22)10-16(15)23/h4-5,10-13,18H,6-9H2,1-3H3,(H,25,30)(H,26,27)/t18-/m1/s1. The molecule has 1 aliphatic rings. The predicted octanol–water partition coefficient (Wildman–Crippen LogP) is 3.86. The van der Waals surface area contributed by atoms with Gasteiger partial charge in [0.05, 0.1) is 6.20 Å². The molecule has 9 heteroatoms. The predicted molar refractivity (Wildman–Crippen MR) is 109 cm³/mol. The Morgan fingerprint density at radius 3 is 2.53 bits per heavy atom. The van der Waals surface area contributed by atoms with E-state index in [9.17, 15) is 18.0 Å². The van der Waals surface area contributed by atoms with Gasteiger partial charge in [-0.15, -0.1) is 0 Å². The van der Waals surface area contributed by atoms with Crippen molar-refractivity contribution in [3.63, 3.8) is 0 Å². The van der Waals surface area contributed by atoms with E-state index in [0.717, 1.165) is 6.07 Å². The van der Waals surface area contributed by atoms with Crippen molar-refractivity contribution in [2.75, 3.05) is 30.4 Å². The fourth-order valence-electron chi connectivity index (χ4n) is 3.60. The molecule has 1 aromatic carbocycles. The Hall–Kier alpha value is -2.84. The van der Waals surface area contributed by atoms with Crippen LogP contribution in [-0.2, 0) is 0 Å². The Bertz CT molecular complexity index is 900. The third-order valence-corrected chi connectivity index (χ3v) is 5.15. The highest BCUT2D eigenvalue weighted by atomic mass is 19.1. The molecule has 6 nitrogen and oxygen atoms in total. The average Bonchev–Trinajstić information content (AvgIpc) is 2.73. The van der Waals surface area contributed by atoms with Crippen LogP contribution in [0, 0.1) is 17.6 Å². The second kappa shape index (κ2) is 9.32. The first-order valence-electron chi connectivity index (χ1n) is 9.99. The molecule has 1 fully saturated rings. The third-order valence-electron chi connectivity index (χ3n) is 5.15. The number of benzene rings is 1. The van der Waals surface area contributed by atoms with Gasteiger partial charge in [-0.3, -0.25) is 4.79 Å². The zero-order chi connectivity index (χ0) is 21.8. The van der Waals surface area contributed by atoms with Crippen molar-refractivity contribution in [2.24, 2.45) is 5.92 Å². The van der Waals surface area contributed by atoms with E-state index in [2.05, 4.69) is 20.6 Å². The number of carbonyl (C=O) groups excluding carboxylic acids is 1. The van der Waals surface area contributed by atoms with Gasteiger partial charge in [0.15, 0.2) is 11.6 Å². The number of hydrogen-bond acceptors (Lipinski definition) is 5. The van der Waals surface area contributed by atoms with Crippen LogP contribution >= 0.6 is 0 Å². The van der Waals surface area contributed by atoms with E-state index in [1.807, 2.05) is 18.7 Å². The summed E-state index contributed by atoms with van der Waals surface area (Å²) in [7, 11) is 1.52. The van der Waals surface area contributed by atoms with Crippen LogP contribution in [0.25, 0.3) is 0 Å². The minimum Gasteiger partial charge on any atom is -0.365 e. The molecular formula is C21H26F3N5O. The summed E-state index contributed by atoms with van der Waals surface area (Å²) in [6, 6.07) is 3.06. The number of alkyl halides is 1. The van der Waals surface area contributed by atoms with Crippen LogP contribution in [0.1, 0.15) is 48.9 Å². The van der Waals surface area contributed by atoms with Crippen molar-refractivity contribution in [3.8, 4) is 0 Å². The Morgan fingerprint density at radius 2 is 1.93 bits per heavy atom. The molecule has 3 rings (SSSR count). The van der Waals surface area contributed by atoms with E-state index < -0.39 is 23.7 Å². The minimum atomic E-state index is -1.51. The summed E-state index contributed by atoms with van der Waals surface area (Å²) in [5, 5.41) is 5.75. The first-order valence-corrected chi connectivity index (χ1v) is 9.99. The van der Waals surface area contributed by atoms with E-state index in [4.69, 9.17) is 0 Å². The average molecular weight is 421 g/mol. The molecule has 2 N–H and O–H groups in total. The molecule has 0 bridgehead atoms. The fraction of sp³-hybridized carbons (Fsp3) is 0.476. The summed E-state index contributed by atoms with van der Waals surface area (Å²) in [5.41, 5.74) is 0.0825. The monoisotopic (exact) mass is 421 g/mol. The molecule has 1 aromatic heterocycles. The summed E-state index contributed by atoms with van der Waals surface area (Å²) < 4.78 is 42.0. The molecule has 0 aliphatic carbocycles. The molecule has 1 aliphatic heterocycles. The van der Waals surface area contributed by atoms with Gasteiger partial charge in [0.1, 0.15) is 23.5 Å². The van der Waals surface area contributed by atoms with Gasteiger partial charge < -0.3 is 15.5 Å². The maximum Gasteiger partial charge on any atom is 0.271 e. The van der Waals surface area contributed by atoms with Crippen LogP contribution in [0.5, 0.6) is 0 Å². The molecule has 1 saturated heterocycles. The molecule has 1 amide bonds. The van der Waals surface area contributed by atoms with Gasteiger partial charge >= 0.3 is 0 Å². The number of halogens is 3. The number of amides is 1. The van der Waals surface area contributed by atoms with Crippen LogP contribution < -0.4 is 15.5 Å². The SMILES string of the molecule is CNC(=O)c1cnc(NC(C)C)c(N2CCC([C@@H](F)c3ccc(F)cc3F)CC2)n1. The number of rotatable bonds is 6. The van der Waals surface area contributed by atoms with E-state index in [0.29, 0.717) is 43.6 Å². The molecule has 0 radical (unpaired) electrons. The Labute approximate surface area is 173 Å². The summed E-state index contributed by atoms with van der Waals surface area (Å²) in [5.74, 6) is -1.23. The number of piperidine rings is 1. The molecule has 0 spiro atoms. The second-order valence-corrected chi connectivity index (χ2v) is 7.70. The molecule has 2 aromatic rings. The summed E-state index contributed by atoms with van der Waals surface area (Å²) >= 11 is 0. The van der Waals surface area contributed by atoms with Gasteiger partial charge in [0, 0.05) is 37.8 Å². The van der Waals surface area contributed by atoms with Crippen molar-refractivity contribution in [1.29, 1.82) is 0 Å². The van der Waals surface area contributed by atoms with E-state index in [-0.39, 0.29) is 23.2 Å². The summed E-state index contributed by atoms with van der Waals surface area (Å²) in [6.07, 6.45) is 0.828. The minimum absolute atomic E-state index is 0.109. The van der Waals surface area contributed by atoms with Crippen LogP contribution in [0.15, 0.2) is 24.4 Å². The maximum absolute atomic E-state index is 14.9. The number of nitrogens with one attached hydrogen (secondary N) is 2. The van der Waals surface area contributed by atoms with Crippen molar-refractivity contribution in [2.45, 2.75) is 38.9 Å². The molecule has 30 heavy (non-hydrogen) atoms. The lowest BCUT2D eigenvalue weighted by molar-refractivity contribution is 0.0958. The highest BCUT2D eigenvalue weighted by Crippen LogP contribution is 2.37. The highest BCUT2D eigenvalue weighted by Gasteiger charge is 2.31. The van der Waals surface area contributed by atoms with E-state index in [1.165, 1.54) is 19.3 Å². The maximum atomic E-state index is 14.9. The second-order valence-electron chi connectivity index (χ2n) is 7.70. The molecule has 0 unspecified atom stereocenters. The van der Waals surface area contributed by atoms with Crippen molar-refractivity contribution in [3.05, 3.63) is 47.3 Å². The lowest BCUT2D eigenvalue weighted by Gasteiger charge is -2.35. The summed E-state index contributed by atoms with van der Waals surface area (Å²) in [6.45, 7) is 4.89. The number of anilines is 2. The topological polar surface area (TPSA) is 70.2 Å². The van der Waals surface area contributed by atoms with Crippen LogP contribution in [0.3, 0.4) is 0 Å². The summed E-state index contributed by atoms with van der Waals surface area (Å²) in [4.78, 5) is 22.7. The third kappa shape index (κ3) is 4.83. The molecule has 162 valence electrons. The van der Waals surface area contributed by atoms with Gasteiger partial charge in [-0.05, 0) is 38.7 Å². The quantitative estimate of drug-likeness (QED) is 0.741. The molecular weight excluding hydrogens is 395 g/mol. The normalized spacial score (nSPS) is 15.9. The van der Waals surface area contributed by atoms with Gasteiger partial charge in [-0.25, -0.2) is 23.1 Å². The van der Waals surface area contributed by atoms with Crippen LogP contribution in [0.2, 0.25) is 0 Å². The van der Waals surface area contributed by atoms with Crippen molar-refractivity contribution < 1.29 is 18.0 Å². The van der Waals surface area contributed by atoms with Gasteiger partial charge in [0.25, 0.3) is 5.91 Å². The fourth-order valence-corrected chi connectivity index (χ4v) is 3.60. The molecule has 1 atom stereocenters. The van der Waals surface area contributed by atoms with Gasteiger partial charge in [-0.1, -0.05) is 6.07 Å². The number of nitrogens with zero attached hydrogens (tertiary/aromatic N) is 3. The van der Waals surface area contributed by atoms with Crippen LogP contribution in [0.4, 0.5) is 24.8 Å². The number of aromatic nitrogens is 2. The van der Waals surface area contributed by atoms with E-state index >= 15 is 0 Å². The lowest BCUT2D eigenvalue weighted by atomic mass is 9.88. The number of carbonyl (C=O) groups is 1. The van der Waals surface area contributed by atoms with Crippen LogP contribution in [-0.4, -0.2) is 42.1 Å². The van der Waals surface area contributed by atoms with Gasteiger partial charge in [0.2, 0.25) is 0 Å². The molecule has 2 heterocycles. The number of hydrogen-bond donors (Lipinski definition) is 2. The smallest absolute Gasteiger partial charge is 0.271 e. The highest BCUT2D eigenvalue weighted by molar-refractivity contribution is 5.92. The zero-order valence-electron chi connectivity index (χ0n) is 17.3. The Morgan fingerprint density at radius 1 is 1.23 bits per heavy atom. The first kappa shape index (κ1) is 21.9. The lowest BCUT2D eigenvalue weighted by Crippen LogP contribution is -2.37. The van der Waals surface area contributed by atoms with Crippen molar-refractivity contribution >= 4 is 17.5 Å². The largest absolute Gasteiger partial charge is 0.365 e. The van der Waals surface area contributed by atoms with E-state index in [1.54, 1.807) is 0 Å². The first-order chi connectivity index (χ1) is 14.3. The Kier molecular flexibility index (Phi) is 6.79. The van der Waals surface area contributed by atoms with Crippen molar-refractivity contribution in [1.82, 2.24) is 15.3 Å².